The average molecular weight is 613 g/mol. The van der Waals surface area contributed by atoms with E-state index < -0.39 is 11.6 Å². The Hall–Kier alpha value is -2.35. The Kier molecular flexibility index (Phi) is 10.8. The molecule has 3 aromatic carbocycles. The van der Waals surface area contributed by atoms with Crippen molar-refractivity contribution in [2.75, 3.05) is 5.75 Å². The van der Waals surface area contributed by atoms with Crippen LogP contribution < -0.4 is 0 Å². The van der Waals surface area contributed by atoms with Crippen LogP contribution in [0.2, 0.25) is 5.02 Å². The van der Waals surface area contributed by atoms with Gasteiger partial charge < -0.3 is 10.2 Å². The summed E-state index contributed by atoms with van der Waals surface area (Å²) in [5.74, 6) is 0.122. The molecule has 5 rings (SSSR count). The molecule has 0 radical (unpaired) electrons. The molecule has 1 aliphatic carbocycles. The molecular weight excluding hydrogens is 574 g/mol. The number of halogens is 1. The summed E-state index contributed by atoms with van der Waals surface area (Å²) < 4.78 is 0. The van der Waals surface area contributed by atoms with Gasteiger partial charge in [0.25, 0.3) is 0 Å². The van der Waals surface area contributed by atoms with Gasteiger partial charge in [-0.1, -0.05) is 78.3 Å². The van der Waals surface area contributed by atoms with Crippen molar-refractivity contribution in [2.24, 2.45) is 5.41 Å². The van der Waals surface area contributed by atoms with Gasteiger partial charge in [0.2, 0.25) is 0 Å². The molecule has 0 bridgehead atoms. The number of carbonyl (C=O) groups is 1. The number of pyridine rings is 1. The van der Waals surface area contributed by atoms with Crippen LogP contribution in [0.25, 0.3) is 23.1 Å². The van der Waals surface area contributed by atoms with E-state index in [9.17, 15) is 15.0 Å². The summed E-state index contributed by atoms with van der Waals surface area (Å²) in [7, 11) is 0. The molecule has 1 aromatic heterocycles. The molecule has 1 unspecified atom stereocenters. The molecule has 1 atom stereocenters. The quantitative estimate of drug-likeness (QED) is 0.159. The van der Waals surface area contributed by atoms with Crippen molar-refractivity contribution >= 4 is 75.4 Å². The van der Waals surface area contributed by atoms with Crippen molar-refractivity contribution in [3.63, 3.8) is 0 Å². The van der Waals surface area contributed by atoms with E-state index in [2.05, 4.69) is 42.5 Å². The van der Waals surface area contributed by atoms with Gasteiger partial charge in [-0.3, -0.25) is 4.79 Å². The lowest BCUT2D eigenvalue weighted by atomic mass is 9.90. The molecule has 4 nitrogen and oxygen atoms in total. The van der Waals surface area contributed by atoms with E-state index in [1.807, 2.05) is 74.1 Å². The van der Waals surface area contributed by atoms with Crippen LogP contribution >= 0.6 is 23.4 Å². The lowest BCUT2D eigenvalue weighted by Crippen LogP contribution is -2.18. The number of rotatable bonds is 12. The molecule has 1 aliphatic rings. The number of hydrogen-bond donors (Lipinski definition) is 2. The normalized spacial score (nSPS) is 15.0. The Morgan fingerprint density at radius 1 is 1.05 bits per heavy atom. The van der Waals surface area contributed by atoms with E-state index in [0.717, 1.165) is 64.7 Å². The number of carboxylic acids is 1. The fourth-order valence-electron chi connectivity index (χ4n) is 5.36. The molecule has 4 aromatic rings. The van der Waals surface area contributed by atoms with Crippen LogP contribution in [-0.4, -0.2) is 50.0 Å². The number of aromatic nitrogens is 1. The first-order valence-corrected chi connectivity index (χ1v) is 15.5. The van der Waals surface area contributed by atoms with Gasteiger partial charge >= 0.3 is 29.0 Å². The Morgan fingerprint density at radius 2 is 1.81 bits per heavy atom. The van der Waals surface area contributed by atoms with Crippen molar-refractivity contribution in [1.29, 1.82) is 0 Å². The van der Waals surface area contributed by atoms with Crippen LogP contribution in [0.15, 0.2) is 78.9 Å². The molecule has 0 saturated heterocycles. The summed E-state index contributed by atoms with van der Waals surface area (Å²) in [6, 6.07) is 26.5. The molecule has 2 N–H and O–H groups in total. The van der Waals surface area contributed by atoms with Gasteiger partial charge in [0.05, 0.1) is 23.2 Å². The average Bonchev–Trinajstić information content (AvgIpc) is 3.70. The van der Waals surface area contributed by atoms with Crippen molar-refractivity contribution in [1.82, 2.24) is 4.98 Å². The SMILES string of the molecule is CC(C)(O)c1ccccc1CCC(SCC1(CC(=O)O)CC1)c1cccc(C=Cc2ccc3ccc(Cl)cc3n2)c1.[MgH2]. The molecular formula is C35H38ClMgNO3S. The Bertz CT molecular complexity index is 1580. The standard InChI is InChI=1S/C35H36ClNO3S.Mg.2H/c1-34(2,40)30-9-4-3-7-25(30)13-17-32(41-23-35(18-19-35)22-33(38)39)27-8-5-6-24(20-27)10-15-29-16-12-26-11-14-28(36)21-31(26)37-29;;;/h3-12,14-16,20-21,32,40H,13,17-19,22-23H2,1-2H3,(H,38,39);;;. The van der Waals surface area contributed by atoms with Crippen molar-refractivity contribution in [2.45, 2.75) is 56.8 Å². The smallest absolute Gasteiger partial charge is 0.316 e. The molecule has 216 valence electrons. The van der Waals surface area contributed by atoms with Crippen molar-refractivity contribution < 1.29 is 15.0 Å². The van der Waals surface area contributed by atoms with E-state index in [-0.39, 0.29) is 40.1 Å². The molecule has 0 spiro atoms. The van der Waals surface area contributed by atoms with Crippen LogP contribution in [0, 0.1) is 5.41 Å². The number of aliphatic carboxylic acids is 1. The van der Waals surface area contributed by atoms with Crippen LogP contribution in [-0.2, 0) is 16.8 Å². The minimum absolute atomic E-state index is 0. The van der Waals surface area contributed by atoms with Crippen molar-refractivity contribution in [3.8, 4) is 0 Å². The summed E-state index contributed by atoms with van der Waals surface area (Å²) in [4.78, 5) is 16.2. The molecule has 0 aliphatic heterocycles. The Morgan fingerprint density at radius 3 is 2.55 bits per heavy atom. The van der Waals surface area contributed by atoms with Gasteiger partial charge in [0.1, 0.15) is 0 Å². The first-order valence-electron chi connectivity index (χ1n) is 14.1. The fourth-order valence-corrected chi connectivity index (χ4v) is 7.09. The summed E-state index contributed by atoms with van der Waals surface area (Å²) in [5.41, 5.74) is 5.15. The lowest BCUT2D eigenvalue weighted by molar-refractivity contribution is -0.138. The maximum atomic E-state index is 11.5. The van der Waals surface area contributed by atoms with Crippen molar-refractivity contribution in [3.05, 3.63) is 112 Å². The van der Waals surface area contributed by atoms with Gasteiger partial charge in [0.15, 0.2) is 0 Å². The number of aliphatic hydroxyl groups is 1. The largest absolute Gasteiger partial charge is 0.481 e. The maximum absolute atomic E-state index is 11.5. The summed E-state index contributed by atoms with van der Waals surface area (Å²) in [5, 5.41) is 22.1. The number of fused-ring (bicyclic) bond motifs is 1. The monoisotopic (exact) mass is 611 g/mol. The van der Waals surface area contributed by atoms with E-state index in [4.69, 9.17) is 16.6 Å². The van der Waals surface area contributed by atoms with E-state index >= 15 is 0 Å². The van der Waals surface area contributed by atoms with Gasteiger partial charge in [-0.15, -0.1) is 0 Å². The number of thioether (sulfide) groups is 1. The molecule has 7 heteroatoms. The molecule has 42 heavy (non-hydrogen) atoms. The van der Waals surface area contributed by atoms with Crippen LogP contribution in [0.4, 0.5) is 0 Å². The number of hydrogen-bond acceptors (Lipinski definition) is 4. The van der Waals surface area contributed by atoms with Crippen LogP contribution in [0.5, 0.6) is 0 Å². The minimum atomic E-state index is -0.911. The summed E-state index contributed by atoms with van der Waals surface area (Å²) in [6.45, 7) is 3.66. The lowest BCUT2D eigenvalue weighted by Gasteiger charge is -2.24. The second kappa shape index (κ2) is 14.0. The van der Waals surface area contributed by atoms with Crippen LogP contribution in [0.3, 0.4) is 0 Å². The zero-order valence-electron chi connectivity index (χ0n) is 23.5. The predicted molar refractivity (Wildman–Crippen MR) is 180 cm³/mol. The second-order valence-electron chi connectivity index (χ2n) is 11.7. The first-order chi connectivity index (χ1) is 19.6. The third kappa shape index (κ3) is 8.61. The van der Waals surface area contributed by atoms with Gasteiger partial charge in [-0.2, -0.15) is 11.8 Å². The Labute approximate surface area is 273 Å². The molecule has 1 saturated carbocycles. The molecule has 1 heterocycles. The van der Waals surface area contributed by atoms with Gasteiger partial charge in [0, 0.05) is 21.4 Å². The fraction of sp³-hybridized carbons (Fsp3) is 0.314. The number of nitrogens with zero attached hydrogens (tertiary/aromatic N) is 1. The first kappa shape index (κ1) is 32.6. The maximum Gasteiger partial charge on any atom is 0.316 e. The highest BCUT2D eigenvalue weighted by Gasteiger charge is 2.44. The highest BCUT2D eigenvalue weighted by molar-refractivity contribution is 7.99. The number of benzene rings is 3. The van der Waals surface area contributed by atoms with E-state index in [1.165, 1.54) is 5.56 Å². The highest BCUT2D eigenvalue weighted by atomic mass is 35.5. The zero-order chi connectivity index (χ0) is 29.0. The summed E-state index contributed by atoms with van der Waals surface area (Å²) >= 11 is 8.04. The Balaban J connectivity index is 0.00000405. The minimum Gasteiger partial charge on any atom is -0.481 e. The zero-order valence-corrected chi connectivity index (χ0v) is 25.1. The molecule has 0 amide bonds. The third-order valence-electron chi connectivity index (χ3n) is 7.83. The van der Waals surface area contributed by atoms with Gasteiger partial charge in [-0.25, -0.2) is 4.98 Å². The highest BCUT2D eigenvalue weighted by Crippen LogP contribution is 2.53. The molecule has 1 fully saturated rings. The second-order valence-corrected chi connectivity index (χ2v) is 13.3. The summed E-state index contributed by atoms with van der Waals surface area (Å²) in [6.07, 6.45) is 8.02. The number of carboxylic acid groups (broad SMARTS) is 1. The third-order valence-corrected chi connectivity index (χ3v) is 9.76. The van der Waals surface area contributed by atoms with Crippen LogP contribution in [0.1, 0.15) is 72.7 Å². The van der Waals surface area contributed by atoms with E-state index in [1.54, 1.807) is 0 Å². The topological polar surface area (TPSA) is 70.4 Å². The van der Waals surface area contributed by atoms with Gasteiger partial charge in [-0.05, 0) is 91.5 Å². The number of aryl methyl sites for hydroxylation is 1. The predicted octanol–water partition coefficient (Wildman–Crippen LogP) is 8.03. The van der Waals surface area contributed by atoms with E-state index in [0.29, 0.717) is 5.02 Å².